The summed E-state index contributed by atoms with van der Waals surface area (Å²) in [6.45, 7) is -2.86. The molecular weight excluding hydrogens is 288 g/mol. The number of pyridine rings is 1. The van der Waals surface area contributed by atoms with Crippen LogP contribution in [0.1, 0.15) is 5.69 Å². The van der Waals surface area contributed by atoms with Crippen LogP contribution in [-0.2, 0) is 0 Å². The SMILES string of the molecule is N#Cc1ncc(Cl)cc1Nc1ccc(OC(F)F)cc1. The highest BCUT2D eigenvalue weighted by Gasteiger charge is 2.06. The number of nitriles is 1. The van der Waals surface area contributed by atoms with Crippen molar-refractivity contribution in [1.29, 1.82) is 5.26 Å². The first kappa shape index (κ1) is 14.0. The minimum Gasteiger partial charge on any atom is -0.435 e. The monoisotopic (exact) mass is 295 g/mol. The second kappa shape index (κ2) is 6.17. The fourth-order valence-electron chi connectivity index (χ4n) is 1.50. The number of ether oxygens (including phenoxy) is 1. The molecule has 0 aliphatic rings. The second-order valence-corrected chi connectivity index (χ2v) is 4.13. The van der Waals surface area contributed by atoms with E-state index in [1.165, 1.54) is 18.3 Å². The lowest BCUT2D eigenvalue weighted by Gasteiger charge is -2.09. The molecule has 0 radical (unpaired) electrons. The van der Waals surface area contributed by atoms with E-state index in [1.807, 2.05) is 6.07 Å². The van der Waals surface area contributed by atoms with Crippen LogP contribution < -0.4 is 10.1 Å². The molecule has 0 aliphatic heterocycles. The molecular formula is C13H8ClF2N3O. The third-order valence-electron chi connectivity index (χ3n) is 2.32. The van der Waals surface area contributed by atoms with Crippen LogP contribution in [0.5, 0.6) is 5.75 Å². The van der Waals surface area contributed by atoms with E-state index < -0.39 is 6.61 Å². The number of alkyl halides is 2. The first-order valence-corrected chi connectivity index (χ1v) is 5.84. The number of hydrogen-bond donors (Lipinski definition) is 1. The van der Waals surface area contributed by atoms with Crippen LogP contribution in [0, 0.1) is 11.3 Å². The second-order valence-electron chi connectivity index (χ2n) is 3.69. The number of aromatic nitrogens is 1. The molecule has 0 aliphatic carbocycles. The van der Waals surface area contributed by atoms with E-state index in [0.717, 1.165) is 0 Å². The van der Waals surface area contributed by atoms with Crippen molar-refractivity contribution in [3.8, 4) is 11.8 Å². The first-order chi connectivity index (χ1) is 9.58. The number of benzene rings is 1. The van der Waals surface area contributed by atoms with Crippen LogP contribution in [0.2, 0.25) is 5.02 Å². The molecule has 0 saturated heterocycles. The van der Waals surface area contributed by atoms with Crippen molar-refractivity contribution in [1.82, 2.24) is 4.98 Å². The van der Waals surface area contributed by atoms with E-state index >= 15 is 0 Å². The highest BCUT2D eigenvalue weighted by molar-refractivity contribution is 6.30. The zero-order chi connectivity index (χ0) is 14.5. The predicted octanol–water partition coefficient (Wildman–Crippen LogP) is 3.95. The molecule has 2 rings (SSSR count). The average molecular weight is 296 g/mol. The molecule has 1 N–H and O–H groups in total. The van der Waals surface area contributed by atoms with Gasteiger partial charge in [0.25, 0.3) is 0 Å². The van der Waals surface area contributed by atoms with Gasteiger partial charge in [-0.05, 0) is 30.3 Å². The Morgan fingerprint density at radius 1 is 1.30 bits per heavy atom. The van der Waals surface area contributed by atoms with Crippen LogP contribution in [0.3, 0.4) is 0 Å². The average Bonchev–Trinajstić information content (AvgIpc) is 2.41. The van der Waals surface area contributed by atoms with Gasteiger partial charge >= 0.3 is 6.61 Å². The summed E-state index contributed by atoms with van der Waals surface area (Å²) in [6.07, 6.45) is 1.37. The van der Waals surface area contributed by atoms with Gasteiger partial charge in [-0.1, -0.05) is 11.6 Å². The van der Waals surface area contributed by atoms with Crippen molar-refractivity contribution in [2.45, 2.75) is 6.61 Å². The maximum absolute atomic E-state index is 12.0. The van der Waals surface area contributed by atoms with Gasteiger partial charge in [-0.25, -0.2) is 4.98 Å². The van der Waals surface area contributed by atoms with Crippen LogP contribution in [0.25, 0.3) is 0 Å². The molecule has 1 aromatic heterocycles. The zero-order valence-corrected chi connectivity index (χ0v) is 10.7. The van der Waals surface area contributed by atoms with Gasteiger partial charge in [0.2, 0.25) is 0 Å². The molecule has 20 heavy (non-hydrogen) atoms. The predicted molar refractivity (Wildman–Crippen MR) is 70.3 cm³/mol. The normalized spacial score (nSPS) is 10.2. The number of anilines is 2. The molecule has 1 heterocycles. The van der Waals surface area contributed by atoms with Gasteiger partial charge in [0, 0.05) is 11.9 Å². The largest absolute Gasteiger partial charge is 0.435 e. The minimum absolute atomic E-state index is 0.0512. The van der Waals surface area contributed by atoms with Gasteiger partial charge in [0.15, 0.2) is 5.69 Å². The lowest BCUT2D eigenvalue weighted by Crippen LogP contribution is -2.02. The molecule has 0 saturated carbocycles. The smallest absolute Gasteiger partial charge is 0.387 e. The molecule has 0 atom stereocenters. The summed E-state index contributed by atoms with van der Waals surface area (Å²) in [4.78, 5) is 3.87. The van der Waals surface area contributed by atoms with Crippen molar-refractivity contribution in [3.63, 3.8) is 0 Å². The first-order valence-electron chi connectivity index (χ1n) is 5.46. The fraction of sp³-hybridized carbons (Fsp3) is 0.0769. The lowest BCUT2D eigenvalue weighted by molar-refractivity contribution is -0.0498. The van der Waals surface area contributed by atoms with Gasteiger partial charge in [0.1, 0.15) is 11.8 Å². The Morgan fingerprint density at radius 3 is 2.60 bits per heavy atom. The zero-order valence-electron chi connectivity index (χ0n) is 9.98. The number of hydrogen-bond acceptors (Lipinski definition) is 4. The van der Waals surface area contributed by atoms with Crippen molar-refractivity contribution in [2.75, 3.05) is 5.32 Å². The van der Waals surface area contributed by atoms with Crippen molar-refractivity contribution < 1.29 is 13.5 Å². The lowest BCUT2D eigenvalue weighted by atomic mass is 10.2. The van der Waals surface area contributed by atoms with Crippen molar-refractivity contribution >= 4 is 23.0 Å². The third-order valence-corrected chi connectivity index (χ3v) is 2.53. The summed E-state index contributed by atoms with van der Waals surface area (Å²) in [6, 6.07) is 9.33. The van der Waals surface area contributed by atoms with Crippen LogP contribution in [0.4, 0.5) is 20.2 Å². The maximum Gasteiger partial charge on any atom is 0.387 e. The van der Waals surface area contributed by atoms with E-state index in [4.69, 9.17) is 16.9 Å². The molecule has 0 unspecified atom stereocenters. The molecule has 102 valence electrons. The summed E-state index contributed by atoms with van der Waals surface area (Å²) >= 11 is 5.81. The van der Waals surface area contributed by atoms with E-state index in [1.54, 1.807) is 18.2 Å². The number of nitrogens with one attached hydrogen (secondary N) is 1. The highest BCUT2D eigenvalue weighted by atomic mass is 35.5. The topological polar surface area (TPSA) is 57.9 Å². The molecule has 0 amide bonds. The molecule has 4 nitrogen and oxygen atoms in total. The van der Waals surface area contributed by atoms with E-state index in [9.17, 15) is 8.78 Å². The molecule has 1 aromatic carbocycles. The Kier molecular flexibility index (Phi) is 4.33. The summed E-state index contributed by atoms with van der Waals surface area (Å²) in [5.74, 6) is 0.0512. The van der Waals surface area contributed by atoms with Gasteiger partial charge in [-0.15, -0.1) is 0 Å². The summed E-state index contributed by atoms with van der Waals surface area (Å²) in [7, 11) is 0. The molecule has 2 aromatic rings. The standard InChI is InChI=1S/C13H8ClF2N3O/c14-8-5-11(12(6-17)18-7-8)19-9-1-3-10(4-2-9)20-13(15)16/h1-5,7,13,19H. The van der Waals surface area contributed by atoms with Gasteiger partial charge in [0.05, 0.1) is 10.7 Å². The molecule has 0 bridgehead atoms. The summed E-state index contributed by atoms with van der Waals surface area (Å²) in [5, 5.41) is 12.2. The molecule has 7 heteroatoms. The quantitative estimate of drug-likeness (QED) is 0.928. The molecule has 0 spiro atoms. The third kappa shape index (κ3) is 3.56. The minimum atomic E-state index is -2.86. The van der Waals surface area contributed by atoms with Gasteiger partial charge < -0.3 is 10.1 Å². The van der Waals surface area contributed by atoms with Gasteiger partial charge in [-0.3, -0.25) is 0 Å². The Labute approximate surface area is 118 Å². The Hall–Kier alpha value is -2.39. The Balaban J connectivity index is 2.18. The fourth-order valence-corrected chi connectivity index (χ4v) is 1.66. The summed E-state index contributed by atoms with van der Waals surface area (Å²) < 4.78 is 28.3. The number of nitrogens with zero attached hydrogens (tertiary/aromatic N) is 2. The van der Waals surface area contributed by atoms with Crippen LogP contribution in [-0.4, -0.2) is 11.6 Å². The van der Waals surface area contributed by atoms with Gasteiger partial charge in [-0.2, -0.15) is 14.0 Å². The maximum atomic E-state index is 12.0. The van der Waals surface area contributed by atoms with E-state index in [0.29, 0.717) is 16.4 Å². The van der Waals surface area contributed by atoms with Crippen LogP contribution >= 0.6 is 11.6 Å². The van der Waals surface area contributed by atoms with Crippen LogP contribution in [0.15, 0.2) is 36.5 Å². The molecule has 0 fully saturated rings. The summed E-state index contributed by atoms with van der Waals surface area (Å²) in [5.41, 5.74) is 1.21. The van der Waals surface area contributed by atoms with E-state index in [-0.39, 0.29) is 11.4 Å². The van der Waals surface area contributed by atoms with E-state index in [2.05, 4.69) is 15.0 Å². The number of halogens is 3. The Morgan fingerprint density at radius 2 is 2.00 bits per heavy atom. The van der Waals surface area contributed by atoms with Crippen molar-refractivity contribution in [3.05, 3.63) is 47.2 Å². The number of rotatable bonds is 4. The Bertz CT molecular complexity index is 641. The highest BCUT2D eigenvalue weighted by Crippen LogP contribution is 2.24. The van der Waals surface area contributed by atoms with Crippen molar-refractivity contribution in [2.24, 2.45) is 0 Å².